The van der Waals surface area contributed by atoms with Crippen molar-refractivity contribution in [2.24, 2.45) is 0 Å². The van der Waals surface area contributed by atoms with E-state index in [4.69, 9.17) is 11.6 Å². The second kappa shape index (κ2) is 3.51. The molecule has 0 spiro atoms. The zero-order valence-corrected chi connectivity index (χ0v) is 7.98. The molecule has 0 radical (unpaired) electrons. The average molecular weight is 214 g/mol. The normalized spacial score (nSPS) is 21.7. The SMILES string of the molecule is O=C1CC(O)CN1c1cnnc(Cl)c1. The molecule has 0 aliphatic carbocycles. The summed E-state index contributed by atoms with van der Waals surface area (Å²) >= 11 is 5.63. The highest BCUT2D eigenvalue weighted by molar-refractivity contribution is 6.29. The Labute approximate surface area is 85.3 Å². The first kappa shape index (κ1) is 9.36. The second-order valence-electron chi connectivity index (χ2n) is 3.10. The third-order valence-corrected chi connectivity index (χ3v) is 2.21. The average Bonchev–Trinajstić information content (AvgIpc) is 2.45. The Morgan fingerprint density at radius 2 is 2.43 bits per heavy atom. The molecule has 1 unspecified atom stereocenters. The first-order valence-corrected chi connectivity index (χ1v) is 4.51. The molecule has 1 aromatic heterocycles. The summed E-state index contributed by atoms with van der Waals surface area (Å²) in [7, 11) is 0. The van der Waals surface area contributed by atoms with Gasteiger partial charge in [-0.1, -0.05) is 11.6 Å². The number of nitrogens with zero attached hydrogens (tertiary/aromatic N) is 3. The zero-order valence-electron chi connectivity index (χ0n) is 7.22. The van der Waals surface area contributed by atoms with Crippen molar-refractivity contribution >= 4 is 23.2 Å². The van der Waals surface area contributed by atoms with Gasteiger partial charge in [-0.05, 0) is 0 Å². The van der Waals surface area contributed by atoms with Gasteiger partial charge < -0.3 is 10.0 Å². The molecule has 1 fully saturated rings. The fourth-order valence-electron chi connectivity index (χ4n) is 1.42. The highest BCUT2D eigenvalue weighted by Gasteiger charge is 2.29. The number of carbonyl (C=O) groups excluding carboxylic acids is 1. The first-order chi connectivity index (χ1) is 6.66. The molecule has 14 heavy (non-hydrogen) atoms. The van der Waals surface area contributed by atoms with Crippen LogP contribution in [-0.4, -0.2) is 33.9 Å². The van der Waals surface area contributed by atoms with Crippen molar-refractivity contribution in [3.8, 4) is 0 Å². The van der Waals surface area contributed by atoms with Gasteiger partial charge in [0.05, 0.1) is 31.0 Å². The quantitative estimate of drug-likeness (QED) is 0.725. The number of aromatic nitrogens is 2. The minimum atomic E-state index is -0.602. The molecule has 0 saturated carbocycles. The molecule has 1 saturated heterocycles. The number of amides is 1. The molecular formula is C8H8ClN3O2. The third-order valence-electron chi connectivity index (χ3n) is 2.03. The lowest BCUT2D eigenvalue weighted by Gasteiger charge is -2.14. The minimum absolute atomic E-state index is 0.124. The number of β-amino-alcohol motifs (C(OH)–C–C–N with tert-alkyl or cyclic N) is 1. The van der Waals surface area contributed by atoms with Gasteiger partial charge in [-0.3, -0.25) is 4.79 Å². The predicted octanol–water partition coefficient (Wildman–Crippen LogP) is 0.228. The van der Waals surface area contributed by atoms with Crippen molar-refractivity contribution in [2.45, 2.75) is 12.5 Å². The molecule has 1 atom stereocenters. The van der Waals surface area contributed by atoms with Crippen LogP contribution in [0.5, 0.6) is 0 Å². The van der Waals surface area contributed by atoms with E-state index in [2.05, 4.69) is 10.2 Å². The molecule has 1 aromatic rings. The van der Waals surface area contributed by atoms with Gasteiger partial charge in [-0.15, -0.1) is 5.10 Å². The highest BCUT2D eigenvalue weighted by Crippen LogP contribution is 2.21. The second-order valence-corrected chi connectivity index (χ2v) is 3.49. The summed E-state index contributed by atoms with van der Waals surface area (Å²) in [6.45, 7) is 0.293. The van der Waals surface area contributed by atoms with E-state index in [-0.39, 0.29) is 17.5 Å². The molecule has 1 aliphatic heterocycles. The molecule has 1 N–H and O–H groups in total. The molecule has 0 bridgehead atoms. The van der Waals surface area contributed by atoms with Crippen LogP contribution in [0, 0.1) is 0 Å². The standard InChI is InChI=1S/C8H8ClN3O2/c9-7-1-5(3-10-11-7)12-4-6(13)2-8(12)14/h1,3,6,13H,2,4H2. The summed E-state index contributed by atoms with van der Waals surface area (Å²) in [5, 5.41) is 16.7. The van der Waals surface area contributed by atoms with E-state index in [1.165, 1.54) is 11.1 Å². The van der Waals surface area contributed by atoms with E-state index < -0.39 is 6.10 Å². The summed E-state index contributed by atoms with van der Waals surface area (Å²) < 4.78 is 0. The van der Waals surface area contributed by atoms with Gasteiger partial charge in [0.1, 0.15) is 0 Å². The molecule has 0 aromatic carbocycles. The molecule has 5 nitrogen and oxygen atoms in total. The number of aliphatic hydroxyl groups excluding tert-OH is 1. The topological polar surface area (TPSA) is 66.3 Å². The van der Waals surface area contributed by atoms with E-state index in [1.807, 2.05) is 0 Å². The maximum atomic E-state index is 11.4. The van der Waals surface area contributed by atoms with Crippen LogP contribution in [0.15, 0.2) is 12.3 Å². The summed E-state index contributed by atoms with van der Waals surface area (Å²) in [6.07, 6.45) is 0.997. The number of anilines is 1. The summed E-state index contributed by atoms with van der Waals surface area (Å²) in [5.41, 5.74) is 0.576. The van der Waals surface area contributed by atoms with E-state index in [9.17, 15) is 9.90 Å². The lowest BCUT2D eigenvalue weighted by molar-refractivity contribution is -0.117. The lowest BCUT2D eigenvalue weighted by Crippen LogP contribution is -2.25. The Morgan fingerprint density at radius 3 is 3.00 bits per heavy atom. The first-order valence-electron chi connectivity index (χ1n) is 4.13. The van der Waals surface area contributed by atoms with Crippen molar-refractivity contribution in [2.75, 3.05) is 11.4 Å². The van der Waals surface area contributed by atoms with Crippen molar-refractivity contribution in [1.29, 1.82) is 0 Å². The van der Waals surface area contributed by atoms with Crippen molar-refractivity contribution in [3.63, 3.8) is 0 Å². The summed E-state index contributed by atoms with van der Waals surface area (Å²) in [6, 6.07) is 1.55. The summed E-state index contributed by atoms with van der Waals surface area (Å²) in [5.74, 6) is -0.124. The Morgan fingerprint density at radius 1 is 1.64 bits per heavy atom. The number of rotatable bonds is 1. The van der Waals surface area contributed by atoms with E-state index in [0.29, 0.717) is 12.2 Å². The van der Waals surface area contributed by atoms with Gasteiger partial charge in [-0.25, -0.2) is 0 Å². The smallest absolute Gasteiger partial charge is 0.229 e. The summed E-state index contributed by atoms with van der Waals surface area (Å²) in [4.78, 5) is 12.8. The molecular weight excluding hydrogens is 206 g/mol. The van der Waals surface area contributed by atoms with Crippen molar-refractivity contribution < 1.29 is 9.90 Å². The Kier molecular flexibility index (Phi) is 2.35. The fourth-order valence-corrected chi connectivity index (χ4v) is 1.57. The van der Waals surface area contributed by atoms with E-state index >= 15 is 0 Å². The number of hydrogen-bond donors (Lipinski definition) is 1. The number of aliphatic hydroxyl groups is 1. The molecule has 6 heteroatoms. The maximum absolute atomic E-state index is 11.4. The minimum Gasteiger partial charge on any atom is -0.391 e. The number of halogens is 1. The van der Waals surface area contributed by atoms with Crippen LogP contribution < -0.4 is 4.90 Å². The predicted molar refractivity (Wildman–Crippen MR) is 50.0 cm³/mol. The van der Waals surface area contributed by atoms with Gasteiger partial charge in [0.25, 0.3) is 0 Å². The highest BCUT2D eigenvalue weighted by atomic mass is 35.5. The fraction of sp³-hybridized carbons (Fsp3) is 0.375. The van der Waals surface area contributed by atoms with Crippen molar-refractivity contribution in [3.05, 3.63) is 17.4 Å². The third kappa shape index (κ3) is 1.69. The molecule has 2 heterocycles. The zero-order chi connectivity index (χ0) is 10.1. The van der Waals surface area contributed by atoms with Crippen molar-refractivity contribution in [1.82, 2.24) is 10.2 Å². The van der Waals surface area contributed by atoms with Crippen LogP contribution in [0.2, 0.25) is 5.15 Å². The molecule has 2 rings (SSSR count). The number of hydrogen-bond acceptors (Lipinski definition) is 4. The van der Waals surface area contributed by atoms with E-state index in [0.717, 1.165) is 0 Å². The van der Waals surface area contributed by atoms with Crippen LogP contribution in [0.1, 0.15) is 6.42 Å². The van der Waals surface area contributed by atoms with Crippen LogP contribution in [0.25, 0.3) is 0 Å². The Bertz CT molecular complexity index is 371. The van der Waals surface area contributed by atoms with Crippen LogP contribution in [-0.2, 0) is 4.79 Å². The Hall–Kier alpha value is -1.20. The molecule has 1 amide bonds. The van der Waals surface area contributed by atoms with Gasteiger partial charge in [0.2, 0.25) is 5.91 Å². The van der Waals surface area contributed by atoms with Crippen LogP contribution in [0.3, 0.4) is 0 Å². The largest absolute Gasteiger partial charge is 0.391 e. The lowest BCUT2D eigenvalue weighted by atomic mass is 10.3. The van der Waals surface area contributed by atoms with E-state index in [1.54, 1.807) is 6.07 Å². The Balaban J connectivity index is 2.27. The van der Waals surface area contributed by atoms with Gasteiger partial charge in [0.15, 0.2) is 5.15 Å². The van der Waals surface area contributed by atoms with Gasteiger partial charge in [0, 0.05) is 6.07 Å². The molecule has 74 valence electrons. The van der Waals surface area contributed by atoms with Crippen LogP contribution >= 0.6 is 11.6 Å². The maximum Gasteiger partial charge on any atom is 0.229 e. The monoisotopic (exact) mass is 213 g/mol. The molecule has 1 aliphatic rings. The van der Waals surface area contributed by atoms with Crippen LogP contribution in [0.4, 0.5) is 5.69 Å². The van der Waals surface area contributed by atoms with Gasteiger partial charge >= 0.3 is 0 Å². The van der Waals surface area contributed by atoms with Gasteiger partial charge in [-0.2, -0.15) is 5.10 Å². The number of carbonyl (C=O) groups is 1.